The van der Waals surface area contributed by atoms with E-state index in [4.69, 9.17) is 9.47 Å². The van der Waals surface area contributed by atoms with Crippen molar-refractivity contribution in [2.75, 3.05) is 13.7 Å². The lowest BCUT2D eigenvalue weighted by atomic mass is 10.2. The predicted octanol–water partition coefficient (Wildman–Crippen LogP) is 4.26. The molecular weight excluding hydrogens is 348 g/mol. The normalized spacial score (nSPS) is 12.2. The van der Waals surface area contributed by atoms with E-state index in [0.717, 1.165) is 27.7 Å². The van der Waals surface area contributed by atoms with Crippen molar-refractivity contribution in [3.8, 4) is 0 Å². The van der Waals surface area contributed by atoms with Crippen molar-refractivity contribution in [3.63, 3.8) is 0 Å². The van der Waals surface area contributed by atoms with Crippen LogP contribution in [0.3, 0.4) is 0 Å². The molecule has 0 aliphatic rings. The number of benzene rings is 1. The maximum absolute atomic E-state index is 5.81. The second kappa shape index (κ2) is 7.04. The third-order valence-electron chi connectivity index (χ3n) is 3.30. The number of nitrogens with zero attached hydrogens (tertiary/aromatic N) is 2. The minimum atomic E-state index is -1.04. The van der Waals surface area contributed by atoms with E-state index in [1.165, 1.54) is 6.04 Å². The van der Waals surface area contributed by atoms with Gasteiger partial charge in [0.15, 0.2) is 0 Å². The highest BCUT2D eigenvalue weighted by Gasteiger charge is 2.13. The third-order valence-corrected chi connectivity index (χ3v) is 5.46. The van der Waals surface area contributed by atoms with Gasteiger partial charge in [0.1, 0.15) is 6.73 Å². The van der Waals surface area contributed by atoms with Crippen LogP contribution < -0.4 is 0 Å². The molecule has 0 atom stereocenters. The van der Waals surface area contributed by atoms with Crippen LogP contribution in [-0.2, 0) is 22.8 Å². The molecule has 21 heavy (non-hydrogen) atoms. The van der Waals surface area contributed by atoms with Gasteiger partial charge in [-0.2, -0.15) is 0 Å². The van der Waals surface area contributed by atoms with Crippen LogP contribution in [0, 0.1) is 0 Å². The highest BCUT2D eigenvalue weighted by atomic mass is 79.9. The molecule has 116 valence electrons. The highest BCUT2D eigenvalue weighted by Crippen LogP contribution is 2.24. The van der Waals surface area contributed by atoms with E-state index < -0.39 is 8.07 Å². The van der Waals surface area contributed by atoms with Crippen LogP contribution in [0.25, 0.3) is 11.0 Å². The molecule has 4 nitrogen and oxygen atoms in total. The first-order chi connectivity index (χ1) is 9.90. The maximum atomic E-state index is 5.81. The lowest BCUT2D eigenvalue weighted by molar-refractivity contribution is 0.0898. The number of hydrogen-bond acceptors (Lipinski definition) is 3. The van der Waals surface area contributed by atoms with Crippen molar-refractivity contribution in [1.29, 1.82) is 0 Å². The largest absolute Gasteiger partial charge is 0.380 e. The van der Waals surface area contributed by atoms with Crippen molar-refractivity contribution in [1.82, 2.24) is 9.55 Å². The smallest absolute Gasteiger partial charge is 0.124 e. The lowest BCUT2D eigenvalue weighted by Gasteiger charge is -2.15. The fourth-order valence-corrected chi connectivity index (χ4v) is 3.36. The summed E-state index contributed by atoms with van der Waals surface area (Å²) >= 11 is 3.55. The number of halogens is 1. The molecule has 0 N–H and O–H groups in total. The first-order valence-electron chi connectivity index (χ1n) is 7.10. The Morgan fingerprint density at radius 3 is 2.71 bits per heavy atom. The maximum Gasteiger partial charge on any atom is 0.124 e. The van der Waals surface area contributed by atoms with Crippen LogP contribution in [0.15, 0.2) is 22.9 Å². The van der Waals surface area contributed by atoms with E-state index in [2.05, 4.69) is 52.7 Å². The van der Waals surface area contributed by atoms with E-state index in [1.807, 2.05) is 10.9 Å². The minimum Gasteiger partial charge on any atom is -0.380 e. The molecule has 0 unspecified atom stereocenters. The van der Waals surface area contributed by atoms with Crippen molar-refractivity contribution in [2.45, 2.75) is 39.0 Å². The van der Waals surface area contributed by atoms with Gasteiger partial charge < -0.3 is 14.0 Å². The molecule has 6 heteroatoms. The summed E-state index contributed by atoms with van der Waals surface area (Å²) in [5, 5.41) is 0. The zero-order chi connectivity index (χ0) is 15.5. The summed E-state index contributed by atoms with van der Waals surface area (Å²) in [6.45, 7) is 8.99. The number of methoxy groups -OCH3 is 1. The van der Waals surface area contributed by atoms with Crippen LogP contribution in [-0.4, -0.2) is 31.3 Å². The summed E-state index contributed by atoms with van der Waals surface area (Å²) in [7, 11) is 0.662. The molecule has 2 rings (SSSR count). The average Bonchev–Trinajstić information content (AvgIpc) is 2.77. The van der Waals surface area contributed by atoms with Crippen LogP contribution in [0.5, 0.6) is 0 Å². The molecule has 1 aromatic carbocycles. The zero-order valence-corrected chi connectivity index (χ0v) is 15.7. The van der Waals surface area contributed by atoms with Crippen LogP contribution >= 0.6 is 15.9 Å². The van der Waals surface area contributed by atoms with E-state index in [1.54, 1.807) is 7.11 Å². The topological polar surface area (TPSA) is 36.3 Å². The Labute approximate surface area is 135 Å². The van der Waals surface area contributed by atoms with Crippen LogP contribution in [0.4, 0.5) is 0 Å². The van der Waals surface area contributed by atoms with E-state index in [9.17, 15) is 0 Å². The van der Waals surface area contributed by atoms with Gasteiger partial charge in [0, 0.05) is 31.8 Å². The van der Waals surface area contributed by atoms with Crippen molar-refractivity contribution in [2.24, 2.45) is 0 Å². The number of fused-ring (bicyclic) bond motifs is 1. The molecule has 0 radical (unpaired) electrons. The second-order valence-electron chi connectivity index (χ2n) is 6.43. The first-order valence-corrected chi connectivity index (χ1v) is 11.6. The average molecular weight is 371 g/mol. The number of rotatable bonds is 7. The standard InChI is InChI=1S/C15H23BrN2O2Si/c1-19-9-12-7-13(16)8-14-15(12)17-10-18(14)11-20-5-6-21(2,3)4/h7-8,10H,5-6,9,11H2,1-4H3. The van der Waals surface area contributed by atoms with Gasteiger partial charge in [-0.05, 0) is 18.2 Å². The molecule has 0 aliphatic heterocycles. The number of ether oxygens (including phenoxy) is 2. The van der Waals surface area contributed by atoms with Gasteiger partial charge in [-0.3, -0.25) is 0 Å². The molecule has 0 aliphatic carbocycles. The van der Waals surface area contributed by atoms with Crippen molar-refractivity contribution >= 4 is 35.0 Å². The summed E-state index contributed by atoms with van der Waals surface area (Å²) in [5.74, 6) is 0. The van der Waals surface area contributed by atoms with Gasteiger partial charge in [-0.25, -0.2) is 4.98 Å². The summed E-state index contributed by atoms with van der Waals surface area (Å²) in [5.41, 5.74) is 3.14. The number of hydrogen-bond donors (Lipinski definition) is 0. The Morgan fingerprint density at radius 2 is 2.05 bits per heavy atom. The van der Waals surface area contributed by atoms with E-state index >= 15 is 0 Å². The molecule has 2 aromatic rings. The SMILES string of the molecule is COCc1cc(Br)cc2c1ncn2COCC[Si](C)(C)C. The van der Waals surface area contributed by atoms with E-state index in [0.29, 0.717) is 13.3 Å². The summed E-state index contributed by atoms with van der Waals surface area (Å²) in [4.78, 5) is 4.50. The van der Waals surface area contributed by atoms with Crippen LogP contribution in [0.1, 0.15) is 5.56 Å². The number of imidazole rings is 1. The molecule has 0 amide bonds. The zero-order valence-electron chi connectivity index (χ0n) is 13.1. The fraction of sp³-hybridized carbons (Fsp3) is 0.533. The quantitative estimate of drug-likeness (QED) is 0.539. The van der Waals surface area contributed by atoms with Gasteiger partial charge in [-0.15, -0.1) is 0 Å². The first kappa shape index (κ1) is 16.7. The predicted molar refractivity (Wildman–Crippen MR) is 92.3 cm³/mol. The highest BCUT2D eigenvalue weighted by molar-refractivity contribution is 9.10. The Morgan fingerprint density at radius 1 is 1.29 bits per heavy atom. The monoisotopic (exact) mass is 370 g/mol. The van der Waals surface area contributed by atoms with Gasteiger partial charge >= 0.3 is 0 Å². The number of aromatic nitrogens is 2. The lowest BCUT2D eigenvalue weighted by Crippen LogP contribution is -2.21. The second-order valence-corrected chi connectivity index (χ2v) is 13.0. The van der Waals surface area contributed by atoms with Gasteiger partial charge in [0.25, 0.3) is 0 Å². The van der Waals surface area contributed by atoms with Gasteiger partial charge in [0.2, 0.25) is 0 Å². The Hall–Kier alpha value is -0.693. The molecule has 1 heterocycles. The fourth-order valence-electron chi connectivity index (χ4n) is 2.11. The molecular formula is C15H23BrN2O2Si. The third kappa shape index (κ3) is 4.64. The van der Waals surface area contributed by atoms with Gasteiger partial charge in [0.05, 0.1) is 24.0 Å². The molecule has 0 saturated heterocycles. The molecule has 0 fully saturated rings. The van der Waals surface area contributed by atoms with E-state index in [-0.39, 0.29) is 0 Å². The van der Waals surface area contributed by atoms with Gasteiger partial charge in [-0.1, -0.05) is 35.6 Å². The molecule has 0 spiro atoms. The van der Waals surface area contributed by atoms with Crippen molar-refractivity contribution in [3.05, 3.63) is 28.5 Å². The summed E-state index contributed by atoms with van der Waals surface area (Å²) < 4.78 is 14.1. The van der Waals surface area contributed by atoms with Crippen LogP contribution in [0.2, 0.25) is 25.7 Å². The van der Waals surface area contributed by atoms with Crippen molar-refractivity contribution < 1.29 is 9.47 Å². The Balaban J connectivity index is 2.11. The minimum absolute atomic E-state index is 0.545. The summed E-state index contributed by atoms with van der Waals surface area (Å²) in [6.07, 6.45) is 1.84. The molecule has 1 aromatic heterocycles. The Bertz CT molecular complexity index is 607. The molecule has 0 saturated carbocycles. The summed E-state index contributed by atoms with van der Waals surface area (Å²) in [6, 6.07) is 5.30. The molecule has 0 bridgehead atoms. The Kier molecular flexibility index (Phi) is 5.59.